The zero-order valence-corrected chi connectivity index (χ0v) is 13.4. The van der Waals surface area contributed by atoms with Gasteiger partial charge in [-0.25, -0.2) is 0 Å². The molecule has 5 heteroatoms. The van der Waals surface area contributed by atoms with Crippen molar-refractivity contribution in [2.45, 2.75) is 32.6 Å². The maximum absolute atomic E-state index is 11.9. The Kier molecular flexibility index (Phi) is 5.58. The normalized spacial score (nSPS) is 11.2. The van der Waals surface area contributed by atoms with Gasteiger partial charge in [0.25, 0.3) is 10.0 Å². The summed E-state index contributed by atoms with van der Waals surface area (Å²) in [6.07, 6.45) is 1.17. The van der Waals surface area contributed by atoms with E-state index in [0.717, 1.165) is 5.56 Å². The van der Waals surface area contributed by atoms with E-state index in [1.54, 1.807) is 12.1 Å². The zero-order valence-electron chi connectivity index (χ0n) is 12.6. The van der Waals surface area contributed by atoms with Gasteiger partial charge in [0.15, 0.2) is 0 Å². The second kappa shape index (κ2) is 6.97. The van der Waals surface area contributed by atoms with Gasteiger partial charge in [-0.2, -0.15) is 18.4 Å². The summed E-state index contributed by atoms with van der Waals surface area (Å²) in [5.74, 6) is 10.7. The molecule has 1 aromatic rings. The van der Waals surface area contributed by atoms with Crippen LogP contribution in [0.3, 0.4) is 0 Å². The Morgan fingerprint density at radius 1 is 1.14 bits per heavy atom. The minimum atomic E-state index is -3.64. The second-order valence-electron chi connectivity index (χ2n) is 5.44. The summed E-state index contributed by atoms with van der Waals surface area (Å²) in [7, 11) is -3.64. The van der Waals surface area contributed by atoms with Gasteiger partial charge in [0.2, 0.25) is 0 Å². The molecule has 0 saturated carbocycles. The largest absolute Gasteiger partial charge is 0.276 e. The maximum atomic E-state index is 11.9. The maximum Gasteiger partial charge on any atom is 0.276 e. The average Bonchev–Trinajstić information content (AvgIpc) is 2.36. The van der Waals surface area contributed by atoms with Crippen LogP contribution in [0.5, 0.6) is 0 Å². The minimum Gasteiger partial charge on any atom is -0.200 e. The van der Waals surface area contributed by atoms with Crippen LogP contribution in [0.4, 0.5) is 0 Å². The van der Waals surface area contributed by atoms with Crippen LogP contribution in [0.1, 0.15) is 26.3 Å². The molecule has 0 spiro atoms. The van der Waals surface area contributed by atoms with E-state index in [1.807, 2.05) is 27.7 Å². The molecule has 1 rings (SSSR count). The second-order valence-corrected chi connectivity index (χ2v) is 7.10. The average molecular weight is 302 g/mol. The highest BCUT2D eigenvalue weighted by atomic mass is 32.2. The number of hydrazone groups is 1. The van der Waals surface area contributed by atoms with E-state index in [-0.39, 0.29) is 10.3 Å². The third-order valence-electron chi connectivity index (χ3n) is 2.21. The van der Waals surface area contributed by atoms with Crippen molar-refractivity contribution in [1.29, 1.82) is 0 Å². The molecule has 0 amide bonds. The van der Waals surface area contributed by atoms with Crippen LogP contribution in [0, 0.1) is 36.0 Å². The third kappa shape index (κ3) is 6.65. The van der Waals surface area contributed by atoms with Crippen molar-refractivity contribution < 1.29 is 8.42 Å². The van der Waals surface area contributed by atoms with Crippen LogP contribution in [0.2, 0.25) is 0 Å². The van der Waals surface area contributed by atoms with Gasteiger partial charge in [0, 0.05) is 5.41 Å². The SMILES string of the molecule is Cc1ccc(S(=O)(=O)N/N=C/C#CC#CC(C)(C)C)cc1. The molecular weight excluding hydrogens is 284 g/mol. The smallest absolute Gasteiger partial charge is 0.200 e. The fourth-order valence-electron chi connectivity index (χ4n) is 1.19. The van der Waals surface area contributed by atoms with Crippen LogP contribution in [-0.4, -0.2) is 14.6 Å². The molecule has 1 aromatic carbocycles. The Morgan fingerprint density at radius 2 is 1.76 bits per heavy atom. The number of nitrogens with one attached hydrogen (secondary N) is 1. The van der Waals surface area contributed by atoms with Crippen molar-refractivity contribution in [2.24, 2.45) is 10.5 Å². The molecule has 0 aromatic heterocycles. The highest BCUT2D eigenvalue weighted by molar-refractivity contribution is 7.89. The summed E-state index contributed by atoms with van der Waals surface area (Å²) >= 11 is 0. The van der Waals surface area contributed by atoms with Crippen molar-refractivity contribution in [3.05, 3.63) is 29.8 Å². The molecule has 0 unspecified atom stereocenters. The molecular formula is C16H18N2O2S. The summed E-state index contributed by atoms with van der Waals surface area (Å²) in [6.45, 7) is 7.82. The molecule has 0 atom stereocenters. The van der Waals surface area contributed by atoms with Crippen LogP contribution in [0.25, 0.3) is 0 Å². The lowest BCUT2D eigenvalue weighted by Crippen LogP contribution is -2.18. The number of sulfonamides is 1. The van der Waals surface area contributed by atoms with Gasteiger partial charge < -0.3 is 0 Å². The van der Waals surface area contributed by atoms with E-state index in [4.69, 9.17) is 0 Å². The van der Waals surface area contributed by atoms with E-state index in [1.165, 1.54) is 18.3 Å². The van der Waals surface area contributed by atoms with E-state index < -0.39 is 10.0 Å². The zero-order chi connectivity index (χ0) is 15.9. The first kappa shape index (κ1) is 16.8. The molecule has 21 heavy (non-hydrogen) atoms. The predicted molar refractivity (Wildman–Crippen MR) is 85.0 cm³/mol. The monoisotopic (exact) mass is 302 g/mol. The summed E-state index contributed by atoms with van der Waals surface area (Å²) in [4.78, 5) is 2.25. The molecule has 1 N–H and O–H groups in total. The van der Waals surface area contributed by atoms with Gasteiger partial charge in [0.1, 0.15) is 0 Å². The van der Waals surface area contributed by atoms with Gasteiger partial charge in [-0.05, 0) is 57.6 Å². The number of hydrogen-bond acceptors (Lipinski definition) is 3. The quantitative estimate of drug-likeness (QED) is 0.529. The standard InChI is InChI=1S/C16H18N2O2S/c1-14-8-10-15(11-9-14)21(19,20)18-17-13-7-5-6-12-16(2,3)4/h8-11,13,18H,1-4H3/b17-13+. The molecule has 0 saturated heterocycles. The van der Waals surface area contributed by atoms with Gasteiger partial charge in [0.05, 0.1) is 11.1 Å². The first-order chi connectivity index (χ1) is 9.71. The molecule has 4 nitrogen and oxygen atoms in total. The third-order valence-corrected chi connectivity index (χ3v) is 3.44. The molecule has 0 fully saturated rings. The van der Waals surface area contributed by atoms with Crippen molar-refractivity contribution in [3.8, 4) is 23.7 Å². The number of hydrogen-bond donors (Lipinski definition) is 1. The molecule has 0 aliphatic rings. The van der Waals surface area contributed by atoms with Crippen molar-refractivity contribution in [1.82, 2.24) is 4.83 Å². The Morgan fingerprint density at radius 3 is 2.33 bits per heavy atom. The molecule has 0 aliphatic carbocycles. The molecule has 0 aliphatic heterocycles. The lowest BCUT2D eigenvalue weighted by Gasteiger charge is -2.05. The molecule has 110 valence electrons. The van der Waals surface area contributed by atoms with Gasteiger partial charge >= 0.3 is 0 Å². The van der Waals surface area contributed by atoms with Gasteiger partial charge in [-0.1, -0.05) is 23.6 Å². The molecule has 0 radical (unpaired) electrons. The van der Waals surface area contributed by atoms with Gasteiger partial charge in [-0.15, -0.1) is 0 Å². The van der Waals surface area contributed by atoms with Gasteiger partial charge in [-0.3, -0.25) is 0 Å². The fourth-order valence-corrected chi connectivity index (χ4v) is 1.98. The summed E-state index contributed by atoms with van der Waals surface area (Å²) < 4.78 is 23.7. The number of nitrogens with zero attached hydrogens (tertiary/aromatic N) is 1. The van der Waals surface area contributed by atoms with Crippen LogP contribution in [0.15, 0.2) is 34.3 Å². The topological polar surface area (TPSA) is 58.5 Å². The van der Waals surface area contributed by atoms with E-state index >= 15 is 0 Å². The Bertz CT molecular complexity index is 732. The Balaban J connectivity index is 2.66. The highest BCUT2D eigenvalue weighted by Gasteiger charge is 2.11. The molecule has 0 bridgehead atoms. The lowest BCUT2D eigenvalue weighted by molar-refractivity contribution is 0.571. The summed E-state index contributed by atoms with van der Waals surface area (Å²) in [5.41, 5.74) is 0.875. The number of rotatable bonds is 3. The number of benzene rings is 1. The number of aryl methyl sites for hydroxylation is 1. The summed E-state index contributed by atoms with van der Waals surface area (Å²) in [6, 6.07) is 6.49. The Hall–Kier alpha value is -2.24. The van der Waals surface area contributed by atoms with Crippen LogP contribution in [-0.2, 0) is 10.0 Å². The highest BCUT2D eigenvalue weighted by Crippen LogP contribution is 2.10. The van der Waals surface area contributed by atoms with Crippen molar-refractivity contribution in [2.75, 3.05) is 0 Å². The van der Waals surface area contributed by atoms with E-state index in [2.05, 4.69) is 33.6 Å². The summed E-state index contributed by atoms with van der Waals surface area (Å²) in [5, 5.41) is 3.57. The fraction of sp³-hybridized carbons (Fsp3) is 0.312. The van der Waals surface area contributed by atoms with E-state index in [0.29, 0.717) is 0 Å². The minimum absolute atomic E-state index is 0.112. The van der Waals surface area contributed by atoms with E-state index in [9.17, 15) is 8.42 Å². The van der Waals surface area contributed by atoms with Crippen LogP contribution >= 0.6 is 0 Å². The first-order valence-electron chi connectivity index (χ1n) is 6.33. The van der Waals surface area contributed by atoms with Crippen molar-refractivity contribution in [3.63, 3.8) is 0 Å². The first-order valence-corrected chi connectivity index (χ1v) is 7.82. The van der Waals surface area contributed by atoms with Crippen molar-refractivity contribution >= 4 is 16.2 Å². The Labute approximate surface area is 126 Å². The lowest BCUT2D eigenvalue weighted by atomic mass is 9.98. The molecule has 0 heterocycles. The van der Waals surface area contributed by atoms with Crippen LogP contribution < -0.4 is 4.83 Å². The predicted octanol–water partition coefficient (Wildman–Crippen LogP) is 2.31.